The Morgan fingerprint density at radius 1 is 1.27 bits per heavy atom. The minimum Gasteiger partial charge on any atom is -0.373 e. The molecule has 2 amide bonds. The van der Waals surface area contributed by atoms with Gasteiger partial charge >= 0.3 is 0 Å². The van der Waals surface area contributed by atoms with Crippen molar-refractivity contribution in [2.45, 2.75) is 26.1 Å². The second-order valence-electron chi connectivity index (χ2n) is 6.00. The summed E-state index contributed by atoms with van der Waals surface area (Å²) in [7, 11) is 0. The molecule has 1 aromatic rings. The van der Waals surface area contributed by atoms with Gasteiger partial charge in [0, 0.05) is 13.1 Å². The predicted octanol–water partition coefficient (Wildman–Crippen LogP) is 1.08. The molecule has 0 unspecified atom stereocenters. The Hall–Kier alpha value is -1.92. The maximum absolute atomic E-state index is 12.7. The number of hydrogen-bond donors (Lipinski definition) is 1. The minimum absolute atomic E-state index is 0.0522. The van der Waals surface area contributed by atoms with Crippen molar-refractivity contribution in [1.82, 2.24) is 4.90 Å². The number of morpholine rings is 1. The Bertz CT molecular complexity index is 580. The molecular weight excluding hydrogens is 282 g/mol. The van der Waals surface area contributed by atoms with Crippen LogP contribution in [0.1, 0.15) is 13.8 Å². The van der Waals surface area contributed by atoms with E-state index in [4.69, 9.17) is 4.74 Å². The van der Waals surface area contributed by atoms with Gasteiger partial charge in [-0.3, -0.25) is 19.4 Å². The van der Waals surface area contributed by atoms with E-state index in [1.807, 2.05) is 38.1 Å². The molecule has 0 saturated carbocycles. The monoisotopic (exact) mass is 303 g/mol. The third-order valence-electron chi connectivity index (χ3n) is 3.93. The van der Waals surface area contributed by atoms with E-state index < -0.39 is 0 Å². The Morgan fingerprint density at radius 3 is 2.68 bits per heavy atom. The highest BCUT2D eigenvalue weighted by Crippen LogP contribution is 2.29. The van der Waals surface area contributed by atoms with E-state index >= 15 is 0 Å². The van der Waals surface area contributed by atoms with Crippen LogP contribution in [0.15, 0.2) is 24.3 Å². The lowest BCUT2D eigenvalue weighted by Crippen LogP contribution is -2.51. The van der Waals surface area contributed by atoms with E-state index in [1.165, 1.54) is 0 Å². The third-order valence-corrected chi connectivity index (χ3v) is 3.93. The van der Waals surface area contributed by atoms with Gasteiger partial charge in [0.2, 0.25) is 11.8 Å². The molecule has 1 fully saturated rings. The lowest BCUT2D eigenvalue weighted by atomic mass is 10.2. The van der Waals surface area contributed by atoms with Crippen molar-refractivity contribution in [2.24, 2.45) is 0 Å². The summed E-state index contributed by atoms with van der Waals surface area (Å²) in [5.74, 6) is -0.209. The fraction of sp³-hybridized carbons (Fsp3) is 0.500. The van der Waals surface area contributed by atoms with Gasteiger partial charge in [-0.05, 0) is 26.0 Å². The van der Waals surface area contributed by atoms with Crippen molar-refractivity contribution in [1.29, 1.82) is 0 Å². The molecule has 3 rings (SSSR count). The average molecular weight is 303 g/mol. The largest absolute Gasteiger partial charge is 0.373 e. The van der Waals surface area contributed by atoms with Gasteiger partial charge < -0.3 is 10.1 Å². The third kappa shape index (κ3) is 3.13. The number of anilines is 2. The first-order chi connectivity index (χ1) is 10.5. The van der Waals surface area contributed by atoms with Crippen LogP contribution in [-0.4, -0.2) is 55.1 Å². The quantitative estimate of drug-likeness (QED) is 0.888. The number of carbonyl (C=O) groups excluding carboxylic acids is 2. The SMILES string of the molecule is C[C@H]1CN(CC(=O)N2CC(=O)Nc3ccccc32)C[C@H](C)O1. The van der Waals surface area contributed by atoms with Crippen LogP contribution in [0.4, 0.5) is 11.4 Å². The average Bonchev–Trinajstić information content (AvgIpc) is 2.45. The van der Waals surface area contributed by atoms with Gasteiger partial charge in [0.1, 0.15) is 6.54 Å². The van der Waals surface area contributed by atoms with E-state index in [0.717, 1.165) is 18.8 Å². The number of hydrogen-bond acceptors (Lipinski definition) is 4. The second kappa shape index (κ2) is 6.06. The molecule has 1 saturated heterocycles. The Kier molecular flexibility index (Phi) is 4.13. The van der Waals surface area contributed by atoms with E-state index in [9.17, 15) is 9.59 Å². The van der Waals surface area contributed by atoms with Crippen LogP contribution in [0, 0.1) is 0 Å². The number of carbonyl (C=O) groups is 2. The van der Waals surface area contributed by atoms with Crippen LogP contribution in [0.25, 0.3) is 0 Å². The van der Waals surface area contributed by atoms with Crippen molar-refractivity contribution in [3.63, 3.8) is 0 Å². The molecule has 0 bridgehead atoms. The number of para-hydroxylation sites is 2. The van der Waals surface area contributed by atoms with Crippen molar-refractivity contribution in [2.75, 3.05) is 36.4 Å². The Labute approximate surface area is 130 Å². The number of fused-ring (bicyclic) bond motifs is 1. The molecule has 0 spiro atoms. The number of amides is 2. The summed E-state index contributed by atoms with van der Waals surface area (Å²) in [5, 5.41) is 2.80. The molecule has 2 aliphatic rings. The first kappa shape index (κ1) is 15.0. The van der Waals surface area contributed by atoms with E-state index in [2.05, 4.69) is 10.2 Å². The summed E-state index contributed by atoms with van der Waals surface area (Å²) in [6, 6.07) is 7.39. The zero-order valence-corrected chi connectivity index (χ0v) is 12.9. The normalized spacial score (nSPS) is 25.5. The van der Waals surface area contributed by atoms with Gasteiger partial charge in [-0.25, -0.2) is 0 Å². The molecule has 6 nitrogen and oxygen atoms in total. The topological polar surface area (TPSA) is 61.9 Å². The van der Waals surface area contributed by atoms with E-state index in [1.54, 1.807) is 4.90 Å². The standard InChI is InChI=1S/C16H21N3O3/c1-11-7-18(8-12(2)22-11)10-16(21)19-9-15(20)17-13-5-3-4-6-14(13)19/h3-6,11-12H,7-10H2,1-2H3,(H,17,20)/t11-,12-/m0/s1. The van der Waals surface area contributed by atoms with Crippen LogP contribution in [0.3, 0.4) is 0 Å². The van der Waals surface area contributed by atoms with Gasteiger partial charge in [-0.2, -0.15) is 0 Å². The fourth-order valence-corrected chi connectivity index (χ4v) is 3.15. The first-order valence-corrected chi connectivity index (χ1v) is 7.60. The summed E-state index contributed by atoms with van der Waals surface area (Å²) >= 11 is 0. The molecule has 1 N–H and O–H groups in total. The van der Waals surface area contributed by atoms with E-state index in [0.29, 0.717) is 12.2 Å². The molecule has 0 aromatic heterocycles. The molecule has 1 aromatic carbocycles. The molecule has 2 heterocycles. The van der Waals surface area contributed by atoms with Gasteiger partial charge in [0.25, 0.3) is 0 Å². The molecule has 2 aliphatic heterocycles. The minimum atomic E-state index is -0.157. The van der Waals surface area contributed by atoms with Crippen LogP contribution >= 0.6 is 0 Å². The molecule has 0 radical (unpaired) electrons. The van der Waals surface area contributed by atoms with Crippen LogP contribution < -0.4 is 10.2 Å². The Morgan fingerprint density at radius 2 is 1.95 bits per heavy atom. The molecular formula is C16H21N3O3. The van der Waals surface area contributed by atoms with Gasteiger partial charge in [-0.15, -0.1) is 0 Å². The van der Waals surface area contributed by atoms with Crippen molar-refractivity contribution in [3.8, 4) is 0 Å². The zero-order valence-electron chi connectivity index (χ0n) is 12.9. The molecule has 6 heteroatoms. The summed E-state index contributed by atoms with van der Waals surface area (Å²) in [4.78, 5) is 28.1. The highest BCUT2D eigenvalue weighted by atomic mass is 16.5. The lowest BCUT2D eigenvalue weighted by Gasteiger charge is -2.36. The highest BCUT2D eigenvalue weighted by molar-refractivity contribution is 6.10. The summed E-state index contributed by atoms with van der Waals surface area (Å²) < 4.78 is 5.69. The highest BCUT2D eigenvalue weighted by Gasteiger charge is 2.30. The molecule has 22 heavy (non-hydrogen) atoms. The number of nitrogens with zero attached hydrogens (tertiary/aromatic N) is 2. The maximum atomic E-state index is 12.7. The Balaban J connectivity index is 1.74. The van der Waals surface area contributed by atoms with Crippen molar-refractivity contribution < 1.29 is 14.3 Å². The molecule has 0 aliphatic carbocycles. The van der Waals surface area contributed by atoms with Gasteiger partial charge in [0.15, 0.2) is 0 Å². The number of rotatable bonds is 2. The number of benzene rings is 1. The smallest absolute Gasteiger partial charge is 0.244 e. The first-order valence-electron chi connectivity index (χ1n) is 7.60. The predicted molar refractivity (Wildman–Crippen MR) is 83.9 cm³/mol. The summed E-state index contributed by atoms with van der Waals surface area (Å²) in [6.07, 6.45) is 0.238. The number of nitrogens with one attached hydrogen (secondary N) is 1. The summed E-state index contributed by atoms with van der Waals surface area (Å²) in [5.41, 5.74) is 1.46. The van der Waals surface area contributed by atoms with Crippen LogP contribution in [0.5, 0.6) is 0 Å². The van der Waals surface area contributed by atoms with Crippen LogP contribution in [0.2, 0.25) is 0 Å². The van der Waals surface area contributed by atoms with Crippen molar-refractivity contribution in [3.05, 3.63) is 24.3 Å². The van der Waals surface area contributed by atoms with Gasteiger partial charge in [0.05, 0.1) is 30.1 Å². The van der Waals surface area contributed by atoms with Crippen LogP contribution in [-0.2, 0) is 14.3 Å². The second-order valence-corrected chi connectivity index (χ2v) is 6.00. The van der Waals surface area contributed by atoms with Gasteiger partial charge in [-0.1, -0.05) is 12.1 Å². The zero-order chi connectivity index (χ0) is 15.7. The fourth-order valence-electron chi connectivity index (χ4n) is 3.15. The van der Waals surface area contributed by atoms with E-state index in [-0.39, 0.29) is 30.6 Å². The molecule has 2 atom stereocenters. The number of ether oxygens (including phenoxy) is 1. The summed E-state index contributed by atoms with van der Waals surface area (Å²) in [6.45, 7) is 5.87. The van der Waals surface area contributed by atoms with Crippen molar-refractivity contribution >= 4 is 23.2 Å². The molecule has 118 valence electrons. The maximum Gasteiger partial charge on any atom is 0.244 e. The lowest BCUT2D eigenvalue weighted by molar-refractivity contribution is -0.125.